The third kappa shape index (κ3) is 3.69. The van der Waals surface area contributed by atoms with Crippen LogP contribution < -0.4 is 0 Å². The fourth-order valence-corrected chi connectivity index (χ4v) is 8.72. The van der Waals surface area contributed by atoms with E-state index in [0.29, 0.717) is 12.3 Å². The number of alkyl halides is 4. The Morgan fingerprint density at radius 2 is 1.97 bits per heavy atom. The molecule has 0 amide bonds. The predicted octanol–water partition coefficient (Wildman–Crippen LogP) is 7.15. The first kappa shape index (κ1) is 24.9. The molecule has 0 radical (unpaired) electrons. The lowest BCUT2D eigenvalue weighted by atomic mass is 9.46. The van der Waals surface area contributed by atoms with Gasteiger partial charge in [0.1, 0.15) is 6.10 Å². The molecule has 7 heteroatoms. The van der Waals surface area contributed by atoms with Gasteiger partial charge in [-0.25, -0.2) is 4.79 Å². The van der Waals surface area contributed by atoms with E-state index in [2.05, 4.69) is 13.8 Å². The number of allylic oxidation sites excluding steroid dienone is 4. The van der Waals surface area contributed by atoms with E-state index in [1.807, 2.05) is 6.08 Å². The maximum atomic E-state index is 12.3. The van der Waals surface area contributed by atoms with Crippen molar-refractivity contribution >= 4 is 58.2 Å². The summed E-state index contributed by atoms with van der Waals surface area (Å²) in [7, 11) is 0. The number of carbonyl (C=O) groups is 2. The number of halogens is 4. The molecule has 0 N–H and O–H groups in total. The number of fused-ring (bicyclic) bond motifs is 5. The number of ketones is 1. The lowest BCUT2D eigenvalue weighted by molar-refractivity contribution is -0.158. The van der Waals surface area contributed by atoms with Crippen molar-refractivity contribution in [2.45, 2.75) is 92.8 Å². The molecular weight excluding hydrogens is 490 g/mol. The molecule has 0 aromatic heterocycles. The summed E-state index contributed by atoms with van der Waals surface area (Å²) < 4.78 is 5.91. The molecule has 4 aliphatic rings. The second-order valence-electron chi connectivity index (χ2n) is 10.3. The summed E-state index contributed by atoms with van der Waals surface area (Å²) in [6.45, 7) is 4.33. The number of esters is 1. The van der Waals surface area contributed by atoms with Crippen LogP contribution in [0.4, 0.5) is 0 Å². The molecule has 0 spiro atoms. The standard InChI is InChI=1S/C25H32Cl4O3/c1-3-4-5-11-24-14-19(26)25(29)18(7-6-15-13-16(30)10-12-23(15,25)2)17(24)8-9-20(24)32-22(31)21(27)28/h10,12-13,17-21H,3-9,11,14H2,1-2H3/t17-,18-,19-,20+,23-,24-,25-/m0/s1. The van der Waals surface area contributed by atoms with Crippen LogP contribution in [-0.4, -0.2) is 32.9 Å². The molecule has 4 aliphatic carbocycles. The van der Waals surface area contributed by atoms with E-state index in [4.69, 9.17) is 51.1 Å². The van der Waals surface area contributed by atoms with Gasteiger partial charge in [0.05, 0.1) is 10.3 Å². The van der Waals surface area contributed by atoms with Gasteiger partial charge in [0.2, 0.25) is 4.84 Å². The molecule has 0 aromatic carbocycles. The fourth-order valence-electron chi connectivity index (χ4n) is 7.42. The van der Waals surface area contributed by atoms with Crippen LogP contribution in [0.3, 0.4) is 0 Å². The zero-order chi connectivity index (χ0) is 23.3. The number of hydrogen-bond donors (Lipinski definition) is 0. The summed E-state index contributed by atoms with van der Waals surface area (Å²) >= 11 is 26.5. The SMILES string of the molecule is CCCCC[C@]12C[C@H](Cl)[C@@]3(Cl)[C@@H](CCC4=CC(=O)C=C[C@@]43C)[C@@H]1CC[C@H]2OC(=O)C(Cl)Cl. The van der Waals surface area contributed by atoms with Gasteiger partial charge in [-0.05, 0) is 62.5 Å². The average Bonchev–Trinajstić information content (AvgIpc) is 3.07. The van der Waals surface area contributed by atoms with Crippen LogP contribution in [0.2, 0.25) is 0 Å². The summed E-state index contributed by atoms with van der Waals surface area (Å²) in [5.74, 6) is -0.0690. The Bertz CT molecular complexity index is 839. The van der Waals surface area contributed by atoms with E-state index < -0.39 is 21.1 Å². The Labute approximate surface area is 211 Å². The van der Waals surface area contributed by atoms with Crippen molar-refractivity contribution < 1.29 is 14.3 Å². The molecule has 4 rings (SSSR count). The minimum absolute atomic E-state index is 0.0246. The van der Waals surface area contributed by atoms with Gasteiger partial charge in [-0.15, -0.1) is 23.2 Å². The second kappa shape index (κ2) is 9.10. The molecule has 3 saturated carbocycles. The van der Waals surface area contributed by atoms with E-state index in [0.717, 1.165) is 56.9 Å². The molecule has 3 nitrogen and oxygen atoms in total. The molecule has 3 fully saturated rings. The number of carbonyl (C=O) groups excluding carboxylic acids is 2. The normalized spacial score (nSPS) is 42.8. The molecule has 178 valence electrons. The van der Waals surface area contributed by atoms with Gasteiger partial charge < -0.3 is 4.74 Å². The summed E-state index contributed by atoms with van der Waals surface area (Å²) in [5.41, 5.74) is 0.419. The number of hydrogen-bond acceptors (Lipinski definition) is 3. The minimum atomic E-state index is -1.18. The maximum absolute atomic E-state index is 12.3. The first-order valence-electron chi connectivity index (χ1n) is 11.9. The quantitative estimate of drug-likeness (QED) is 0.212. The van der Waals surface area contributed by atoms with Crippen molar-refractivity contribution in [3.8, 4) is 0 Å². The topological polar surface area (TPSA) is 43.4 Å². The van der Waals surface area contributed by atoms with Crippen molar-refractivity contribution in [3.05, 3.63) is 23.8 Å². The Kier molecular flexibility index (Phi) is 7.08. The first-order valence-corrected chi connectivity index (χ1v) is 13.5. The van der Waals surface area contributed by atoms with Crippen LogP contribution in [0.25, 0.3) is 0 Å². The highest BCUT2D eigenvalue weighted by atomic mass is 35.5. The van der Waals surface area contributed by atoms with Crippen LogP contribution in [-0.2, 0) is 14.3 Å². The van der Waals surface area contributed by atoms with Gasteiger partial charge in [-0.2, -0.15) is 0 Å². The Hall–Kier alpha value is -0.220. The molecule has 0 unspecified atom stereocenters. The molecule has 0 aliphatic heterocycles. The molecule has 0 saturated heterocycles. The lowest BCUT2D eigenvalue weighted by Gasteiger charge is -2.63. The number of ether oxygens (including phenoxy) is 1. The molecule has 0 bridgehead atoms. The highest BCUT2D eigenvalue weighted by molar-refractivity contribution is 6.52. The smallest absolute Gasteiger partial charge is 0.339 e. The van der Waals surface area contributed by atoms with Crippen molar-refractivity contribution in [2.75, 3.05) is 0 Å². The number of rotatable bonds is 6. The fraction of sp³-hybridized carbons (Fsp3) is 0.760. The second-order valence-corrected chi connectivity index (χ2v) is 12.5. The largest absolute Gasteiger partial charge is 0.460 e. The predicted molar refractivity (Wildman–Crippen MR) is 131 cm³/mol. The van der Waals surface area contributed by atoms with Gasteiger partial charge in [-0.1, -0.05) is 68.0 Å². The summed E-state index contributed by atoms with van der Waals surface area (Å²) in [4.78, 5) is 22.6. The van der Waals surface area contributed by atoms with Crippen molar-refractivity contribution in [2.24, 2.45) is 22.7 Å². The molecule has 0 heterocycles. The van der Waals surface area contributed by atoms with Crippen LogP contribution >= 0.6 is 46.4 Å². The Morgan fingerprint density at radius 1 is 1.22 bits per heavy atom. The Morgan fingerprint density at radius 3 is 2.66 bits per heavy atom. The van der Waals surface area contributed by atoms with E-state index >= 15 is 0 Å². The molecule has 0 aromatic rings. The van der Waals surface area contributed by atoms with Gasteiger partial charge in [0.15, 0.2) is 5.78 Å². The number of unbranched alkanes of at least 4 members (excludes halogenated alkanes) is 2. The highest BCUT2D eigenvalue weighted by Crippen LogP contribution is 2.71. The monoisotopic (exact) mass is 520 g/mol. The molecule has 32 heavy (non-hydrogen) atoms. The highest BCUT2D eigenvalue weighted by Gasteiger charge is 2.70. The van der Waals surface area contributed by atoms with Crippen LogP contribution in [0.15, 0.2) is 23.8 Å². The average molecular weight is 522 g/mol. The van der Waals surface area contributed by atoms with E-state index in [-0.39, 0.29) is 28.6 Å². The summed E-state index contributed by atoms with van der Waals surface area (Å²) in [5, 5.41) is -0.319. The third-order valence-electron chi connectivity index (χ3n) is 8.93. The molecule has 7 atom stereocenters. The van der Waals surface area contributed by atoms with Crippen molar-refractivity contribution in [1.82, 2.24) is 0 Å². The van der Waals surface area contributed by atoms with E-state index in [1.165, 1.54) is 0 Å². The summed E-state index contributed by atoms with van der Waals surface area (Å²) in [6, 6.07) is 0. The third-order valence-corrected chi connectivity index (χ3v) is 10.8. The van der Waals surface area contributed by atoms with Gasteiger partial charge >= 0.3 is 5.97 Å². The zero-order valence-corrected chi connectivity index (χ0v) is 21.7. The Balaban J connectivity index is 1.72. The minimum Gasteiger partial charge on any atom is -0.460 e. The van der Waals surface area contributed by atoms with E-state index in [9.17, 15) is 9.59 Å². The van der Waals surface area contributed by atoms with Gasteiger partial charge in [0, 0.05) is 10.8 Å². The van der Waals surface area contributed by atoms with Crippen LogP contribution in [0.5, 0.6) is 0 Å². The van der Waals surface area contributed by atoms with Gasteiger partial charge in [0.25, 0.3) is 0 Å². The first-order chi connectivity index (χ1) is 15.1. The van der Waals surface area contributed by atoms with Crippen molar-refractivity contribution in [3.63, 3.8) is 0 Å². The maximum Gasteiger partial charge on any atom is 0.339 e. The zero-order valence-electron chi connectivity index (χ0n) is 18.7. The van der Waals surface area contributed by atoms with Gasteiger partial charge in [-0.3, -0.25) is 4.79 Å². The van der Waals surface area contributed by atoms with Crippen LogP contribution in [0, 0.1) is 22.7 Å². The van der Waals surface area contributed by atoms with E-state index in [1.54, 1.807) is 12.2 Å². The molecular formula is C25H32Cl4O3. The summed E-state index contributed by atoms with van der Waals surface area (Å²) in [6.07, 6.45) is 13.6. The van der Waals surface area contributed by atoms with Crippen molar-refractivity contribution in [1.29, 1.82) is 0 Å². The lowest BCUT2D eigenvalue weighted by Crippen LogP contribution is -2.65. The van der Waals surface area contributed by atoms with Crippen LogP contribution in [0.1, 0.15) is 71.6 Å².